The maximum Gasteiger partial charge on any atom is 0.147 e. The van der Waals surface area contributed by atoms with Gasteiger partial charge in [0.05, 0.1) is 5.69 Å². The fourth-order valence-corrected chi connectivity index (χ4v) is 2.39. The molecule has 0 aromatic heterocycles. The van der Waals surface area contributed by atoms with Gasteiger partial charge in [0.1, 0.15) is 5.82 Å². The molecular weight excluding hydrogens is 251 g/mol. The molecule has 0 spiro atoms. The summed E-state index contributed by atoms with van der Waals surface area (Å²) in [7, 11) is 1.87. The predicted molar refractivity (Wildman–Crippen MR) is 83.0 cm³/mol. The number of hydrogen-bond acceptors (Lipinski definition) is 2. The number of halogens is 1. The van der Waals surface area contributed by atoms with Crippen LogP contribution >= 0.6 is 0 Å². The Balaban J connectivity index is 2.48. The smallest absolute Gasteiger partial charge is 0.147 e. The van der Waals surface area contributed by atoms with E-state index in [0.29, 0.717) is 12.2 Å². The lowest BCUT2D eigenvalue weighted by molar-refractivity contribution is 0.621. The van der Waals surface area contributed by atoms with Gasteiger partial charge in [0.25, 0.3) is 0 Å². The van der Waals surface area contributed by atoms with Gasteiger partial charge in [0, 0.05) is 18.8 Å². The van der Waals surface area contributed by atoms with Gasteiger partial charge in [-0.05, 0) is 44.7 Å². The number of benzene rings is 2. The highest BCUT2D eigenvalue weighted by Crippen LogP contribution is 2.31. The molecule has 2 nitrogen and oxygen atoms in total. The van der Waals surface area contributed by atoms with Crippen molar-refractivity contribution in [2.24, 2.45) is 0 Å². The second-order valence-electron chi connectivity index (χ2n) is 4.86. The third kappa shape index (κ3) is 2.99. The van der Waals surface area contributed by atoms with Gasteiger partial charge < -0.3 is 10.2 Å². The minimum absolute atomic E-state index is 0.180. The summed E-state index contributed by atoms with van der Waals surface area (Å²) in [6, 6.07) is 13.4. The van der Waals surface area contributed by atoms with Crippen molar-refractivity contribution in [1.82, 2.24) is 5.32 Å². The summed E-state index contributed by atoms with van der Waals surface area (Å²) in [4.78, 5) is 2.02. The van der Waals surface area contributed by atoms with E-state index >= 15 is 0 Å². The minimum Gasteiger partial charge on any atom is -0.339 e. The van der Waals surface area contributed by atoms with Crippen LogP contribution in [0.3, 0.4) is 0 Å². The number of nitrogens with one attached hydrogen (secondary N) is 1. The van der Waals surface area contributed by atoms with Crippen LogP contribution in [0.15, 0.2) is 42.5 Å². The van der Waals surface area contributed by atoms with E-state index in [1.807, 2.05) is 37.1 Å². The summed E-state index contributed by atoms with van der Waals surface area (Å²) in [5.74, 6) is -0.180. The number of anilines is 2. The van der Waals surface area contributed by atoms with Crippen LogP contribution in [0.1, 0.15) is 18.1 Å². The van der Waals surface area contributed by atoms with Gasteiger partial charge in [-0.25, -0.2) is 4.39 Å². The van der Waals surface area contributed by atoms with Crippen LogP contribution in [0.5, 0.6) is 0 Å². The number of hydrogen-bond donors (Lipinski definition) is 1. The molecule has 2 aromatic carbocycles. The first-order chi connectivity index (χ1) is 9.67. The predicted octanol–water partition coefficient (Wildman–Crippen LogP) is 4.01. The van der Waals surface area contributed by atoms with E-state index < -0.39 is 0 Å². The van der Waals surface area contributed by atoms with Crippen LogP contribution in [0, 0.1) is 12.7 Å². The number of nitrogens with zero attached hydrogens (tertiary/aromatic N) is 1. The number of rotatable bonds is 5. The second kappa shape index (κ2) is 6.53. The van der Waals surface area contributed by atoms with Crippen molar-refractivity contribution < 1.29 is 4.39 Å². The first-order valence-electron chi connectivity index (χ1n) is 6.93. The molecule has 0 unspecified atom stereocenters. The molecule has 0 aliphatic rings. The molecule has 0 atom stereocenters. The molecule has 0 saturated heterocycles. The van der Waals surface area contributed by atoms with Crippen LogP contribution in [-0.4, -0.2) is 13.6 Å². The Labute approximate surface area is 120 Å². The largest absolute Gasteiger partial charge is 0.339 e. The molecule has 0 aliphatic heterocycles. The molecular formula is C17H21FN2. The van der Waals surface area contributed by atoms with Gasteiger partial charge in [-0.3, -0.25) is 0 Å². The second-order valence-corrected chi connectivity index (χ2v) is 4.86. The topological polar surface area (TPSA) is 15.3 Å². The van der Waals surface area contributed by atoms with Crippen molar-refractivity contribution in [3.63, 3.8) is 0 Å². The van der Waals surface area contributed by atoms with Gasteiger partial charge in [0.15, 0.2) is 0 Å². The lowest BCUT2D eigenvalue weighted by Crippen LogP contribution is -2.20. The zero-order valence-corrected chi connectivity index (χ0v) is 12.3. The summed E-state index contributed by atoms with van der Waals surface area (Å²) < 4.78 is 14.3. The van der Waals surface area contributed by atoms with Crippen LogP contribution in [0.4, 0.5) is 15.8 Å². The lowest BCUT2D eigenvalue weighted by Gasteiger charge is -2.26. The molecule has 0 fully saturated rings. The Morgan fingerprint density at radius 1 is 1.10 bits per heavy atom. The molecule has 0 saturated carbocycles. The van der Waals surface area contributed by atoms with Gasteiger partial charge >= 0.3 is 0 Å². The number of para-hydroxylation sites is 1. The highest BCUT2D eigenvalue weighted by Gasteiger charge is 2.16. The lowest BCUT2D eigenvalue weighted by atomic mass is 10.1. The van der Waals surface area contributed by atoms with Gasteiger partial charge in [-0.1, -0.05) is 29.8 Å². The molecule has 3 heteroatoms. The van der Waals surface area contributed by atoms with E-state index in [9.17, 15) is 4.39 Å². The molecule has 0 aliphatic carbocycles. The van der Waals surface area contributed by atoms with E-state index in [1.54, 1.807) is 6.07 Å². The third-order valence-corrected chi connectivity index (χ3v) is 3.37. The normalized spacial score (nSPS) is 10.6. The van der Waals surface area contributed by atoms with E-state index in [2.05, 4.69) is 24.4 Å². The average molecular weight is 272 g/mol. The molecule has 106 valence electrons. The molecule has 0 radical (unpaired) electrons. The van der Waals surface area contributed by atoms with E-state index in [0.717, 1.165) is 17.8 Å². The zero-order chi connectivity index (χ0) is 14.5. The van der Waals surface area contributed by atoms with Gasteiger partial charge in [-0.15, -0.1) is 0 Å². The van der Waals surface area contributed by atoms with Crippen molar-refractivity contribution in [2.75, 3.05) is 18.5 Å². The Bertz CT molecular complexity index is 564. The first kappa shape index (κ1) is 14.5. The highest BCUT2D eigenvalue weighted by molar-refractivity contribution is 5.67. The van der Waals surface area contributed by atoms with Crippen molar-refractivity contribution in [3.8, 4) is 0 Å². The third-order valence-electron chi connectivity index (χ3n) is 3.37. The number of aryl methyl sites for hydroxylation is 1. The van der Waals surface area contributed by atoms with E-state index in [4.69, 9.17) is 0 Å². The van der Waals surface area contributed by atoms with E-state index in [-0.39, 0.29) is 5.82 Å². The molecule has 20 heavy (non-hydrogen) atoms. The SMILES string of the molecule is CCN(c1ccc(C)cc1)c1c(F)cccc1CNC. The Morgan fingerprint density at radius 2 is 1.80 bits per heavy atom. The molecule has 0 heterocycles. The summed E-state index contributed by atoms with van der Waals surface area (Å²) >= 11 is 0. The Morgan fingerprint density at radius 3 is 2.40 bits per heavy atom. The summed E-state index contributed by atoms with van der Waals surface area (Å²) in [6.45, 7) is 5.46. The first-order valence-corrected chi connectivity index (χ1v) is 6.93. The molecule has 2 rings (SSSR count). The van der Waals surface area contributed by atoms with Crippen LogP contribution in [0.2, 0.25) is 0 Å². The van der Waals surface area contributed by atoms with Crippen LogP contribution in [-0.2, 0) is 6.54 Å². The maximum atomic E-state index is 14.3. The van der Waals surface area contributed by atoms with Crippen molar-refractivity contribution in [1.29, 1.82) is 0 Å². The highest BCUT2D eigenvalue weighted by atomic mass is 19.1. The van der Waals surface area contributed by atoms with Crippen molar-refractivity contribution >= 4 is 11.4 Å². The zero-order valence-electron chi connectivity index (χ0n) is 12.3. The molecule has 2 aromatic rings. The quantitative estimate of drug-likeness (QED) is 0.884. The summed E-state index contributed by atoms with van der Waals surface area (Å²) in [5, 5.41) is 3.10. The van der Waals surface area contributed by atoms with Crippen LogP contribution in [0.25, 0.3) is 0 Å². The van der Waals surface area contributed by atoms with Crippen LogP contribution < -0.4 is 10.2 Å². The standard InChI is InChI=1S/C17H21FN2/c1-4-20(15-10-8-13(2)9-11-15)17-14(12-19-3)6-5-7-16(17)18/h5-11,19H,4,12H2,1-3H3. The average Bonchev–Trinajstić information content (AvgIpc) is 2.44. The van der Waals surface area contributed by atoms with Gasteiger partial charge in [-0.2, -0.15) is 0 Å². The summed E-state index contributed by atoms with van der Waals surface area (Å²) in [5.41, 5.74) is 3.84. The van der Waals surface area contributed by atoms with Crippen molar-refractivity contribution in [2.45, 2.75) is 20.4 Å². The maximum absolute atomic E-state index is 14.3. The minimum atomic E-state index is -0.180. The fraction of sp³-hybridized carbons (Fsp3) is 0.294. The Hall–Kier alpha value is -1.87. The Kier molecular flexibility index (Phi) is 4.74. The van der Waals surface area contributed by atoms with Gasteiger partial charge in [0.2, 0.25) is 0 Å². The monoisotopic (exact) mass is 272 g/mol. The summed E-state index contributed by atoms with van der Waals surface area (Å²) in [6.07, 6.45) is 0. The van der Waals surface area contributed by atoms with Crippen molar-refractivity contribution in [3.05, 3.63) is 59.4 Å². The fourth-order valence-electron chi connectivity index (χ4n) is 2.39. The molecule has 1 N–H and O–H groups in total. The molecule has 0 amide bonds. The van der Waals surface area contributed by atoms with E-state index in [1.165, 1.54) is 11.6 Å². The molecule has 0 bridgehead atoms.